The first kappa shape index (κ1) is 23.6. The Balaban J connectivity index is 1.42. The molecule has 1 unspecified atom stereocenters. The van der Waals surface area contributed by atoms with Gasteiger partial charge in [0.15, 0.2) is 0 Å². The summed E-state index contributed by atoms with van der Waals surface area (Å²) in [5.74, 6) is 0. The Morgan fingerprint density at radius 2 is 1.26 bits per heavy atom. The number of likely N-dealkylation sites (N-methyl/N-ethyl adjacent to an activating group) is 1. The molecule has 6 aromatic rings. The lowest BCUT2D eigenvalue weighted by Gasteiger charge is -2.32. The molecule has 0 spiro atoms. The second-order valence-electron chi connectivity index (χ2n) is 10.5. The highest BCUT2D eigenvalue weighted by atomic mass is 15.2. The Morgan fingerprint density at radius 1 is 0.641 bits per heavy atom. The van der Waals surface area contributed by atoms with Gasteiger partial charge in [-0.3, -0.25) is 4.90 Å². The van der Waals surface area contributed by atoms with E-state index in [9.17, 15) is 0 Å². The lowest BCUT2D eigenvalue weighted by atomic mass is 9.98. The quantitative estimate of drug-likeness (QED) is 0.239. The summed E-state index contributed by atoms with van der Waals surface area (Å²) in [6.07, 6.45) is 1.08. The van der Waals surface area contributed by atoms with Crippen molar-refractivity contribution in [2.45, 2.75) is 19.4 Å². The van der Waals surface area contributed by atoms with Gasteiger partial charge in [-0.1, -0.05) is 91.0 Å². The standard InChI is InChI=1S/C36H31N3/c1-25-36-32(20-21-38(25)2)31-18-9-10-19-35(31)39(36)30-17-11-16-28(22-30)29-23-33(26-12-5-3-6-13-26)37-34(24-29)27-14-7-4-8-15-27/h3-19,22-25H,20-21H2,1-2H3. The van der Waals surface area contributed by atoms with E-state index in [4.69, 9.17) is 4.98 Å². The van der Waals surface area contributed by atoms with Crippen LogP contribution in [0.15, 0.2) is 121 Å². The number of pyridine rings is 1. The predicted octanol–water partition coefficient (Wildman–Crippen LogP) is 8.58. The van der Waals surface area contributed by atoms with Crippen LogP contribution in [-0.4, -0.2) is 28.0 Å². The van der Waals surface area contributed by atoms with Crippen LogP contribution in [0.25, 0.3) is 50.2 Å². The van der Waals surface area contributed by atoms with Gasteiger partial charge in [0.1, 0.15) is 0 Å². The molecule has 0 fully saturated rings. The first-order chi connectivity index (χ1) is 19.2. The molecule has 0 saturated carbocycles. The van der Waals surface area contributed by atoms with Crippen LogP contribution in [0.5, 0.6) is 0 Å². The number of hydrogen-bond acceptors (Lipinski definition) is 2. The van der Waals surface area contributed by atoms with Gasteiger partial charge in [-0.25, -0.2) is 4.98 Å². The molecule has 0 N–H and O–H groups in total. The Morgan fingerprint density at radius 3 is 1.95 bits per heavy atom. The summed E-state index contributed by atoms with van der Waals surface area (Å²) in [7, 11) is 2.24. The van der Waals surface area contributed by atoms with E-state index in [1.54, 1.807) is 0 Å². The van der Waals surface area contributed by atoms with E-state index in [1.165, 1.54) is 39.0 Å². The second-order valence-corrected chi connectivity index (χ2v) is 10.5. The van der Waals surface area contributed by atoms with Crippen molar-refractivity contribution in [2.75, 3.05) is 13.6 Å². The SMILES string of the molecule is CC1c2c(c3ccccc3n2-c2cccc(-c3cc(-c4ccccc4)nc(-c4ccccc4)c3)c2)CCN1C. The van der Waals surface area contributed by atoms with Crippen LogP contribution in [0.2, 0.25) is 0 Å². The van der Waals surface area contributed by atoms with Gasteiger partial charge in [-0.15, -0.1) is 0 Å². The summed E-state index contributed by atoms with van der Waals surface area (Å²) < 4.78 is 2.49. The summed E-state index contributed by atoms with van der Waals surface area (Å²) in [4.78, 5) is 7.54. The minimum absolute atomic E-state index is 0.347. The van der Waals surface area contributed by atoms with Gasteiger partial charge >= 0.3 is 0 Å². The molecule has 0 amide bonds. The highest BCUT2D eigenvalue weighted by Gasteiger charge is 2.28. The zero-order valence-corrected chi connectivity index (χ0v) is 22.4. The molecule has 3 heteroatoms. The minimum atomic E-state index is 0.347. The highest BCUT2D eigenvalue weighted by molar-refractivity contribution is 5.88. The fourth-order valence-electron chi connectivity index (χ4n) is 6.03. The van der Waals surface area contributed by atoms with Crippen molar-refractivity contribution < 1.29 is 0 Å². The molecular weight excluding hydrogens is 474 g/mol. The highest BCUT2D eigenvalue weighted by Crippen LogP contribution is 2.39. The maximum atomic E-state index is 5.08. The lowest BCUT2D eigenvalue weighted by Crippen LogP contribution is -2.31. The molecule has 3 nitrogen and oxygen atoms in total. The van der Waals surface area contributed by atoms with Crippen molar-refractivity contribution in [3.63, 3.8) is 0 Å². The third-order valence-electron chi connectivity index (χ3n) is 8.19. The molecule has 0 saturated heterocycles. The van der Waals surface area contributed by atoms with Gasteiger partial charge in [0.05, 0.1) is 16.9 Å². The second kappa shape index (κ2) is 9.68. The zero-order valence-electron chi connectivity index (χ0n) is 22.4. The number of benzene rings is 4. The summed E-state index contributed by atoms with van der Waals surface area (Å²) in [5.41, 5.74) is 11.9. The molecule has 0 radical (unpaired) electrons. The van der Waals surface area contributed by atoms with Crippen molar-refractivity contribution in [2.24, 2.45) is 0 Å². The van der Waals surface area contributed by atoms with Gasteiger partial charge in [0, 0.05) is 40.5 Å². The van der Waals surface area contributed by atoms with Gasteiger partial charge in [-0.2, -0.15) is 0 Å². The van der Waals surface area contributed by atoms with Crippen molar-refractivity contribution in [1.82, 2.24) is 14.5 Å². The first-order valence-corrected chi connectivity index (χ1v) is 13.7. The van der Waals surface area contributed by atoms with Gasteiger partial charge in [0.25, 0.3) is 0 Å². The summed E-state index contributed by atoms with van der Waals surface area (Å²) in [6.45, 7) is 3.42. The first-order valence-electron chi connectivity index (χ1n) is 13.7. The van der Waals surface area contributed by atoms with E-state index in [2.05, 4.69) is 145 Å². The third kappa shape index (κ3) is 4.16. The van der Waals surface area contributed by atoms with Crippen molar-refractivity contribution in [3.8, 4) is 39.3 Å². The third-order valence-corrected chi connectivity index (χ3v) is 8.19. The topological polar surface area (TPSA) is 21.1 Å². The van der Waals surface area contributed by atoms with Gasteiger partial charge in [-0.05, 0) is 67.4 Å². The molecule has 7 rings (SSSR count). The maximum absolute atomic E-state index is 5.08. The molecule has 0 bridgehead atoms. The van der Waals surface area contributed by atoms with Crippen LogP contribution in [0.4, 0.5) is 0 Å². The Bertz CT molecular complexity index is 1730. The Hall–Kier alpha value is -4.47. The largest absolute Gasteiger partial charge is 0.312 e. The van der Waals surface area contributed by atoms with Crippen molar-refractivity contribution in [1.29, 1.82) is 0 Å². The lowest BCUT2D eigenvalue weighted by molar-refractivity contribution is 0.241. The van der Waals surface area contributed by atoms with Crippen LogP contribution in [0.3, 0.4) is 0 Å². The van der Waals surface area contributed by atoms with Crippen LogP contribution >= 0.6 is 0 Å². The smallest absolute Gasteiger partial charge is 0.0715 e. The molecule has 0 aliphatic carbocycles. The molecule has 3 heterocycles. The number of nitrogens with zero attached hydrogens (tertiary/aromatic N) is 3. The molecular formula is C36H31N3. The number of aromatic nitrogens is 2. The van der Waals surface area contributed by atoms with E-state index in [1.807, 2.05) is 0 Å². The van der Waals surface area contributed by atoms with E-state index in [0.29, 0.717) is 6.04 Å². The van der Waals surface area contributed by atoms with Crippen LogP contribution in [0, 0.1) is 0 Å². The zero-order chi connectivity index (χ0) is 26.3. The molecule has 4 aromatic carbocycles. The summed E-state index contributed by atoms with van der Waals surface area (Å²) >= 11 is 0. The predicted molar refractivity (Wildman–Crippen MR) is 162 cm³/mol. The number of hydrogen-bond donors (Lipinski definition) is 0. The molecule has 1 aliphatic heterocycles. The molecule has 1 aliphatic rings. The Kier molecular flexibility index (Phi) is 5.87. The Labute approximate surface area is 230 Å². The minimum Gasteiger partial charge on any atom is -0.312 e. The average molecular weight is 506 g/mol. The van der Waals surface area contributed by atoms with Gasteiger partial charge < -0.3 is 4.57 Å². The summed E-state index contributed by atoms with van der Waals surface area (Å²) in [5, 5.41) is 1.37. The van der Waals surface area contributed by atoms with Crippen molar-refractivity contribution >= 4 is 10.9 Å². The molecule has 39 heavy (non-hydrogen) atoms. The fourth-order valence-corrected chi connectivity index (χ4v) is 6.03. The van der Waals surface area contributed by atoms with Crippen molar-refractivity contribution in [3.05, 3.63) is 133 Å². The van der Waals surface area contributed by atoms with Crippen LogP contribution < -0.4 is 0 Å². The monoisotopic (exact) mass is 505 g/mol. The van der Waals surface area contributed by atoms with Crippen LogP contribution in [0.1, 0.15) is 24.2 Å². The normalized spacial score (nSPS) is 15.4. The van der Waals surface area contributed by atoms with Crippen LogP contribution in [-0.2, 0) is 6.42 Å². The van der Waals surface area contributed by atoms with Gasteiger partial charge in [0.2, 0.25) is 0 Å². The maximum Gasteiger partial charge on any atom is 0.0715 e. The number of fused-ring (bicyclic) bond motifs is 3. The summed E-state index contributed by atoms with van der Waals surface area (Å²) in [6, 6.07) is 43.6. The van der Waals surface area contributed by atoms with E-state index in [0.717, 1.165) is 35.5 Å². The number of rotatable bonds is 4. The average Bonchev–Trinajstić information content (AvgIpc) is 3.35. The molecule has 1 atom stereocenters. The molecule has 2 aromatic heterocycles. The van der Waals surface area contributed by atoms with E-state index < -0.39 is 0 Å². The van der Waals surface area contributed by atoms with E-state index >= 15 is 0 Å². The van der Waals surface area contributed by atoms with E-state index in [-0.39, 0.29) is 0 Å². The number of para-hydroxylation sites is 1. The molecule has 190 valence electrons. The fraction of sp³-hybridized carbons (Fsp3) is 0.139.